The summed E-state index contributed by atoms with van der Waals surface area (Å²) in [5.41, 5.74) is 0.813. The Morgan fingerprint density at radius 3 is 3.00 bits per heavy atom. The van der Waals surface area contributed by atoms with Gasteiger partial charge in [-0.3, -0.25) is 0 Å². The molecule has 0 bridgehead atoms. The highest BCUT2D eigenvalue weighted by atomic mass is 32.1. The van der Waals surface area contributed by atoms with Crippen molar-refractivity contribution in [3.8, 4) is 0 Å². The van der Waals surface area contributed by atoms with E-state index < -0.39 is 5.97 Å². The molecule has 1 aromatic heterocycles. The lowest BCUT2D eigenvalue weighted by molar-refractivity contribution is -0.0223. The van der Waals surface area contributed by atoms with Crippen molar-refractivity contribution in [2.75, 3.05) is 0 Å². The van der Waals surface area contributed by atoms with Crippen molar-refractivity contribution in [2.45, 2.75) is 51.7 Å². The van der Waals surface area contributed by atoms with Crippen molar-refractivity contribution in [3.63, 3.8) is 0 Å². The standard InChI is InChI=1S/C14H20O3S/c1-2-10-5-3-4-6-12(10)17-9-11-7-8-18-13(11)14(15)16/h7-8,10,12H,2-6,9H2,1H3,(H,15,16). The quantitative estimate of drug-likeness (QED) is 0.880. The highest BCUT2D eigenvalue weighted by molar-refractivity contribution is 7.12. The zero-order valence-corrected chi connectivity index (χ0v) is 11.5. The van der Waals surface area contributed by atoms with Crippen molar-refractivity contribution in [2.24, 2.45) is 5.92 Å². The Morgan fingerprint density at radius 2 is 2.28 bits per heavy atom. The van der Waals surface area contributed by atoms with Gasteiger partial charge < -0.3 is 9.84 Å². The highest BCUT2D eigenvalue weighted by Crippen LogP contribution is 2.30. The number of carbonyl (C=O) groups is 1. The largest absolute Gasteiger partial charge is 0.477 e. The van der Waals surface area contributed by atoms with Crippen LogP contribution >= 0.6 is 11.3 Å². The van der Waals surface area contributed by atoms with Crippen LogP contribution < -0.4 is 0 Å². The molecule has 1 aromatic rings. The molecule has 1 aliphatic carbocycles. The summed E-state index contributed by atoms with van der Waals surface area (Å²) in [6.07, 6.45) is 6.36. The molecule has 1 heterocycles. The lowest BCUT2D eigenvalue weighted by atomic mass is 9.85. The van der Waals surface area contributed by atoms with Gasteiger partial charge in [0.15, 0.2) is 0 Å². The molecule has 1 N–H and O–H groups in total. The molecular weight excluding hydrogens is 248 g/mol. The average molecular weight is 268 g/mol. The Bertz CT molecular complexity index is 399. The maximum atomic E-state index is 11.0. The second-order valence-corrected chi connectivity index (χ2v) is 5.80. The van der Waals surface area contributed by atoms with E-state index in [0.717, 1.165) is 18.4 Å². The molecule has 4 heteroatoms. The third-order valence-electron chi connectivity index (χ3n) is 3.76. The first-order valence-electron chi connectivity index (χ1n) is 6.63. The zero-order chi connectivity index (χ0) is 13.0. The summed E-state index contributed by atoms with van der Waals surface area (Å²) in [5, 5.41) is 10.9. The molecule has 0 saturated heterocycles. The molecule has 0 spiro atoms. The van der Waals surface area contributed by atoms with Gasteiger partial charge in [0, 0.05) is 5.56 Å². The molecule has 2 atom stereocenters. The number of thiophene rings is 1. The smallest absolute Gasteiger partial charge is 0.346 e. The topological polar surface area (TPSA) is 46.5 Å². The van der Waals surface area contributed by atoms with Gasteiger partial charge in [-0.15, -0.1) is 11.3 Å². The van der Waals surface area contributed by atoms with Gasteiger partial charge in [-0.25, -0.2) is 4.79 Å². The second kappa shape index (κ2) is 6.34. The van der Waals surface area contributed by atoms with E-state index in [2.05, 4.69) is 6.92 Å². The van der Waals surface area contributed by atoms with Crippen molar-refractivity contribution < 1.29 is 14.6 Å². The Morgan fingerprint density at radius 1 is 1.50 bits per heavy atom. The van der Waals surface area contributed by atoms with E-state index in [1.54, 1.807) is 0 Å². The molecule has 0 aromatic carbocycles. The predicted octanol–water partition coefficient (Wildman–Crippen LogP) is 3.93. The third-order valence-corrected chi connectivity index (χ3v) is 4.70. The molecule has 1 aliphatic rings. The number of ether oxygens (including phenoxy) is 1. The summed E-state index contributed by atoms with van der Waals surface area (Å²) in [4.78, 5) is 11.4. The Kier molecular flexibility index (Phi) is 4.78. The highest BCUT2D eigenvalue weighted by Gasteiger charge is 2.24. The minimum Gasteiger partial charge on any atom is -0.477 e. The first-order valence-corrected chi connectivity index (χ1v) is 7.51. The van der Waals surface area contributed by atoms with Gasteiger partial charge in [0.05, 0.1) is 12.7 Å². The van der Waals surface area contributed by atoms with Crippen LogP contribution in [0.1, 0.15) is 54.3 Å². The van der Waals surface area contributed by atoms with Crippen LogP contribution in [0.15, 0.2) is 11.4 Å². The number of carboxylic acids is 1. The predicted molar refractivity (Wildman–Crippen MR) is 72.1 cm³/mol. The molecule has 2 unspecified atom stereocenters. The van der Waals surface area contributed by atoms with Gasteiger partial charge in [0.1, 0.15) is 4.88 Å². The maximum Gasteiger partial charge on any atom is 0.346 e. The minimum atomic E-state index is -0.848. The SMILES string of the molecule is CCC1CCCCC1OCc1ccsc1C(=O)O. The lowest BCUT2D eigenvalue weighted by Crippen LogP contribution is -2.27. The van der Waals surface area contributed by atoms with Crippen LogP contribution in [0.5, 0.6) is 0 Å². The summed E-state index contributed by atoms with van der Waals surface area (Å²) in [6.45, 7) is 2.64. The molecule has 1 saturated carbocycles. The van der Waals surface area contributed by atoms with E-state index in [0.29, 0.717) is 23.5 Å². The van der Waals surface area contributed by atoms with Crippen LogP contribution in [0.4, 0.5) is 0 Å². The first kappa shape index (κ1) is 13.6. The van der Waals surface area contributed by atoms with Gasteiger partial charge in [-0.05, 0) is 30.2 Å². The first-order chi connectivity index (χ1) is 8.72. The summed E-state index contributed by atoms with van der Waals surface area (Å²) < 4.78 is 5.96. The minimum absolute atomic E-state index is 0.310. The van der Waals surface area contributed by atoms with Gasteiger partial charge in [-0.1, -0.05) is 26.2 Å². The number of rotatable bonds is 5. The maximum absolute atomic E-state index is 11.0. The Balaban J connectivity index is 1.93. The zero-order valence-electron chi connectivity index (χ0n) is 10.7. The number of hydrogen-bond donors (Lipinski definition) is 1. The molecule has 2 rings (SSSR count). The molecule has 18 heavy (non-hydrogen) atoms. The molecule has 0 radical (unpaired) electrons. The van der Waals surface area contributed by atoms with E-state index in [-0.39, 0.29) is 0 Å². The number of carboxylic acid groups (broad SMARTS) is 1. The van der Waals surface area contributed by atoms with E-state index in [4.69, 9.17) is 9.84 Å². The van der Waals surface area contributed by atoms with Gasteiger partial charge in [0.2, 0.25) is 0 Å². The van der Waals surface area contributed by atoms with Crippen LogP contribution in [0.2, 0.25) is 0 Å². The van der Waals surface area contributed by atoms with Gasteiger partial charge in [0.25, 0.3) is 0 Å². The molecule has 3 nitrogen and oxygen atoms in total. The van der Waals surface area contributed by atoms with Crippen LogP contribution in [-0.4, -0.2) is 17.2 Å². The molecule has 0 amide bonds. The number of aromatic carboxylic acids is 1. The van der Waals surface area contributed by atoms with E-state index in [1.165, 1.54) is 30.6 Å². The lowest BCUT2D eigenvalue weighted by Gasteiger charge is -2.30. The normalized spacial score (nSPS) is 24.1. The van der Waals surface area contributed by atoms with Crippen molar-refractivity contribution in [1.82, 2.24) is 0 Å². The van der Waals surface area contributed by atoms with Gasteiger partial charge >= 0.3 is 5.97 Å². The fourth-order valence-electron chi connectivity index (χ4n) is 2.69. The molecular formula is C14H20O3S. The number of hydrogen-bond acceptors (Lipinski definition) is 3. The fraction of sp³-hybridized carbons (Fsp3) is 0.643. The summed E-state index contributed by atoms with van der Waals surface area (Å²) >= 11 is 1.27. The summed E-state index contributed by atoms with van der Waals surface area (Å²) in [7, 11) is 0. The van der Waals surface area contributed by atoms with Gasteiger partial charge in [-0.2, -0.15) is 0 Å². The van der Waals surface area contributed by atoms with Crippen LogP contribution in [0.25, 0.3) is 0 Å². The average Bonchev–Trinajstić information content (AvgIpc) is 2.85. The van der Waals surface area contributed by atoms with Crippen LogP contribution in [0, 0.1) is 5.92 Å². The third kappa shape index (κ3) is 3.12. The monoisotopic (exact) mass is 268 g/mol. The van der Waals surface area contributed by atoms with Crippen molar-refractivity contribution >= 4 is 17.3 Å². The summed E-state index contributed by atoms with van der Waals surface area (Å²) in [5.74, 6) is -0.204. The second-order valence-electron chi connectivity index (χ2n) is 4.88. The fourth-order valence-corrected chi connectivity index (χ4v) is 3.44. The summed E-state index contributed by atoms with van der Waals surface area (Å²) in [6, 6.07) is 1.86. The molecule has 1 fully saturated rings. The van der Waals surface area contributed by atoms with E-state index >= 15 is 0 Å². The van der Waals surface area contributed by atoms with Crippen LogP contribution in [0.3, 0.4) is 0 Å². The molecule has 100 valence electrons. The van der Waals surface area contributed by atoms with Crippen LogP contribution in [-0.2, 0) is 11.3 Å². The van der Waals surface area contributed by atoms with E-state index in [9.17, 15) is 4.79 Å². The Hall–Kier alpha value is -0.870. The van der Waals surface area contributed by atoms with E-state index in [1.807, 2.05) is 11.4 Å². The molecule has 0 aliphatic heterocycles. The Labute approximate surface area is 112 Å². The van der Waals surface area contributed by atoms with Crippen molar-refractivity contribution in [3.05, 3.63) is 21.9 Å². The van der Waals surface area contributed by atoms with Crippen molar-refractivity contribution in [1.29, 1.82) is 0 Å².